The summed E-state index contributed by atoms with van der Waals surface area (Å²) >= 11 is 0. The molecule has 2 heterocycles. The molecule has 36 heavy (non-hydrogen) atoms. The number of amides is 2. The number of hydrogen-bond acceptors (Lipinski definition) is 7. The molecule has 0 atom stereocenters. The Kier molecular flexibility index (Phi) is 8.61. The van der Waals surface area contributed by atoms with Crippen molar-refractivity contribution in [1.29, 1.82) is 0 Å². The maximum Gasteiger partial charge on any atom is 0.227 e. The molecule has 1 saturated carbocycles. The largest absolute Gasteiger partial charge is 0.369 e. The van der Waals surface area contributed by atoms with E-state index in [0.717, 1.165) is 82.5 Å². The van der Waals surface area contributed by atoms with Crippen LogP contribution in [0, 0.1) is 6.92 Å². The molecule has 1 aromatic carbocycles. The molecule has 0 radical (unpaired) electrons. The molecule has 1 aliphatic carbocycles. The summed E-state index contributed by atoms with van der Waals surface area (Å²) in [6, 6.07) is 6.22. The van der Waals surface area contributed by atoms with Crippen LogP contribution in [0.15, 0.2) is 22.7 Å². The maximum absolute atomic E-state index is 12.7. The predicted octanol–water partition coefficient (Wildman–Crippen LogP) is 3.78. The van der Waals surface area contributed by atoms with Crippen molar-refractivity contribution in [3.8, 4) is 0 Å². The molecule has 0 bridgehead atoms. The standard InChI is InChI=1S/C27H40N6O3/c1-4-32-15-17-33(18-16-32)22-9-10-23(20(2)19-22)28-24(35)11-12-25-29-26(31-36-25)27(30-21(3)34)13-7-5-6-8-14-27/h9-10,19H,4-8,11-18H2,1-3H3,(H,28,35)(H,30,34). The summed E-state index contributed by atoms with van der Waals surface area (Å²) in [6.45, 7) is 11.1. The number of benzene rings is 1. The molecule has 1 aliphatic heterocycles. The van der Waals surface area contributed by atoms with E-state index in [4.69, 9.17) is 4.52 Å². The number of likely N-dealkylation sites (N-methyl/N-ethyl adjacent to an activating group) is 1. The van der Waals surface area contributed by atoms with E-state index in [9.17, 15) is 9.59 Å². The summed E-state index contributed by atoms with van der Waals surface area (Å²) in [5, 5.41) is 10.3. The van der Waals surface area contributed by atoms with Gasteiger partial charge in [-0.25, -0.2) is 0 Å². The van der Waals surface area contributed by atoms with Crippen molar-refractivity contribution in [3.05, 3.63) is 35.5 Å². The van der Waals surface area contributed by atoms with E-state index in [1.54, 1.807) is 0 Å². The maximum atomic E-state index is 12.7. The van der Waals surface area contributed by atoms with Crippen LogP contribution in [0.25, 0.3) is 0 Å². The third-order valence-corrected chi connectivity index (χ3v) is 7.50. The Labute approximate surface area is 214 Å². The molecule has 196 valence electrons. The van der Waals surface area contributed by atoms with Crippen LogP contribution in [-0.2, 0) is 21.5 Å². The van der Waals surface area contributed by atoms with Gasteiger partial charge in [-0.2, -0.15) is 4.98 Å². The van der Waals surface area contributed by atoms with Crippen molar-refractivity contribution < 1.29 is 14.1 Å². The molecule has 1 saturated heterocycles. The van der Waals surface area contributed by atoms with Crippen molar-refractivity contribution in [2.24, 2.45) is 0 Å². The van der Waals surface area contributed by atoms with E-state index in [0.29, 0.717) is 18.1 Å². The molecular formula is C27H40N6O3. The zero-order valence-corrected chi connectivity index (χ0v) is 21.9. The number of piperazine rings is 1. The molecule has 0 unspecified atom stereocenters. The van der Waals surface area contributed by atoms with Gasteiger partial charge < -0.3 is 25.0 Å². The van der Waals surface area contributed by atoms with Crippen molar-refractivity contribution in [1.82, 2.24) is 20.4 Å². The van der Waals surface area contributed by atoms with E-state index in [2.05, 4.69) is 49.6 Å². The highest BCUT2D eigenvalue weighted by Gasteiger charge is 2.38. The molecule has 2 aromatic rings. The van der Waals surface area contributed by atoms with Gasteiger partial charge in [0.2, 0.25) is 17.7 Å². The number of carbonyl (C=O) groups is 2. The first-order chi connectivity index (χ1) is 17.4. The van der Waals surface area contributed by atoms with Crippen LogP contribution >= 0.6 is 0 Å². The van der Waals surface area contributed by atoms with Crippen LogP contribution in [0.2, 0.25) is 0 Å². The minimum absolute atomic E-state index is 0.0896. The molecular weight excluding hydrogens is 456 g/mol. The van der Waals surface area contributed by atoms with Gasteiger partial charge in [0.15, 0.2) is 5.82 Å². The molecule has 2 amide bonds. The third-order valence-electron chi connectivity index (χ3n) is 7.50. The minimum Gasteiger partial charge on any atom is -0.369 e. The van der Waals surface area contributed by atoms with Gasteiger partial charge >= 0.3 is 0 Å². The predicted molar refractivity (Wildman–Crippen MR) is 140 cm³/mol. The summed E-state index contributed by atoms with van der Waals surface area (Å²) < 4.78 is 5.49. The summed E-state index contributed by atoms with van der Waals surface area (Å²) in [7, 11) is 0. The first-order valence-corrected chi connectivity index (χ1v) is 13.4. The van der Waals surface area contributed by atoms with E-state index in [1.165, 1.54) is 12.6 Å². The van der Waals surface area contributed by atoms with Crippen molar-refractivity contribution in [3.63, 3.8) is 0 Å². The van der Waals surface area contributed by atoms with Gasteiger partial charge in [-0.15, -0.1) is 0 Å². The van der Waals surface area contributed by atoms with Gasteiger partial charge in [0, 0.05) is 57.3 Å². The zero-order valence-electron chi connectivity index (χ0n) is 21.9. The zero-order chi connectivity index (χ0) is 25.5. The molecule has 0 spiro atoms. The molecule has 9 heteroatoms. The Balaban J connectivity index is 1.33. The van der Waals surface area contributed by atoms with E-state index in [-0.39, 0.29) is 18.2 Å². The van der Waals surface area contributed by atoms with Crippen molar-refractivity contribution in [2.45, 2.75) is 77.7 Å². The SMILES string of the molecule is CCN1CCN(c2ccc(NC(=O)CCc3nc(C4(NC(C)=O)CCCCCC4)no3)c(C)c2)CC1. The summed E-state index contributed by atoms with van der Waals surface area (Å²) in [5.41, 5.74) is 2.50. The van der Waals surface area contributed by atoms with Crippen LogP contribution in [0.4, 0.5) is 11.4 Å². The average molecular weight is 497 g/mol. The molecule has 2 fully saturated rings. The lowest BCUT2D eigenvalue weighted by Gasteiger charge is -2.35. The lowest BCUT2D eigenvalue weighted by atomic mass is 9.89. The van der Waals surface area contributed by atoms with Crippen LogP contribution in [0.5, 0.6) is 0 Å². The quantitative estimate of drug-likeness (QED) is 0.536. The topological polar surface area (TPSA) is 104 Å². The highest BCUT2D eigenvalue weighted by Crippen LogP contribution is 2.34. The van der Waals surface area contributed by atoms with Gasteiger partial charge in [0.1, 0.15) is 5.54 Å². The Morgan fingerprint density at radius 1 is 1.08 bits per heavy atom. The number of hydrogen-bond donors (Lipinski definition) is 2. The summed E-state index contributed by atoms with van der Waals surface area (Å²) in [5.74, 6) is 0.772. The fourth-order valence-electron chi connectivity index (χ4n) is 5.36. The van der Waals surface area contributed by atoms with E-state index in [1.807, 2.05) is 13.0 Å². The highest BCUT2D eigenvalue weighted by atomic mass is 16.5. The van der Waals surface area contributed by atoms with Crippen molar-refractivity contribution >= 4 is 23.2 Å². The monoisotopic (exact) mass is 496 g/mol. The molecule has 2 N–H and O–H groups in total. The Morgan fingerprint density at radius 3 is 2.44 bits per heavy atom. The Morgan fingerprint density at radius 2 is 1.81 bits per heavy atom. The Bertz CT molecular complexity index is 1040. The van der Waals surface area contributed by atoms with E-state index >= 15 is 0 Å². The molecule has 1 aromatic heterocycles. The molecule has 9 nitrogen and oxygen atoms in total. The van der Waals surface area contributed by atoms with Gasteiger partial charge in [0.05, 0.1) is 0 Å². The number of nitrogens with zero attached hydrogens (tertiary/aromatic N) is 4. The van der Waals surface area contributed by atoms with Gasteiger partial charge in [-0.1, -0.05) is 37.8 Å². The molecule has 2 aliphatic rings. The van der Waals surface area contributed by atoms with Crippen LogP contribution < -0.4 is 15.5 Å². The smallest absolute Gasteiger partial charge is 0.227 e. The second-order valence-corrected chi connectivity index (χ2v) is 10.2. The van der Waals surface area contributed by atoms with Gasteiger partial charge in [-0.05, 0) is 50.1 Å². The number of anilines is 2. The first kappa shape index (κ1) is 26.1. The van der Waals surface area contributed by atoms with Gasteiger partial charge in [0.25, 0.3) is 0 Å². The Hall–Kier alpha value is -2.94. The van der Waals surface area contributed by atoms with Crippen LogP contribution in [-0.4, -0.2) is 59.6 Å². The van der Waals surface area contributed by atoms with Gasteiger partial charge in [-0.3, -0.25) is 9.59 Å². The number of aromatic nitrogens is 2. The minimum atomic E-state index is -0.575. The number of carbonyl (C=O) groups excluding carboxylic acids is 2. The second-order valence-electron chi connectivity index (χ2n) is 10.2. The summed E-state index contributed by atoms with van der Waals surface area (Å²) in [6.07, 6.45) is 6.51. The van der Waals surface area contributed by atoms with Crippen LogP contribution in [0.3, 0.4) is 0 Å². The lowest BCUT2D eigenvalue weighted by molar-refractivity contribution is -0.121. The fourth-order valence-corrected chi connectivity index (χ4v) is 5.36. The number of aryl methyl sites for hydroxylation is 2. The van der Waals surface area contributed by atoms with E-state index < -0.39 is 5.54 Å². The molecule has 4 rings (SSSR count). The summed E-state index contributed by atoms with van der Waals surface area (Å²) in [4.78, 5) is 34.0. The lowest BCUT2D eigenvalue weighted by Crippen LogP contribution is -2.46. The van der Waals surface area contributed by atoms with Crippen LogP contribution in [0.1, 0.15) is 76.1 Å². The number of nitrogens with one attached hydrogen (secondary N) is 2. The number of rotatable bonds is 8. The average Bonchev–Trinajstić information content (AvgIpc) is 3.23. The first-order valence-electron chi connectivity index (χ1n) is 13.4. The fraction of sp³-hybridized carbons (Fsp3) is 0.630. The highest BCUT2D eigenvalue weighted by molar-refractivity contribution is 5.91. The second kappa shape index (κ2) is 11.9. The van der Waals surface area contributed by atoms with Crippen molar-refractivity contribution in [2.75, 3.05) is 42.9 Å². The third kappa shape index (κ3) is 6.43. The normalized spacial score (nSPS) is 18.5.